The number of aliphatic hydroxyl groups excluding tert-OH is 1. The van der Waals surface area contributed by atoms with Gasteiger partial charge in [0.25, 0.3) is 0 Å². The van der Waals surface area contributed by atoms with Crippen molar-refractivity contribution in [2.75, 3.05) is 14.1 Å². The van der Waals surface area contributed by atoms with Crippen LogP contribution < -0.4 is 0 Å². The molecule has 1 aliphatic carbocycles. The van der Waals surface area contributed by atoms with Crippen LogP contribution in [0.5, 0.6) is 0 Å². The number of nitrogens with zero attached hydrogens (tertiary/aromatic N) is 1. The van der Waals surface area contributed by atoms with E-state index in [1.54, 1.807) is 0 Å². The van der Waals surface area contributed by atoms with E-state index in [9.17, 15) is 5.11 Å². The highest BCUT2D eigenvalue weighted by molar-refractivity contribution is 5.07. The highest BCUT2D eigenvalue weighted by Crippen LogP contribution is 2.52. The van der Waals surface area contributed by atoms with Crippen molar-refractivity contribution in [3.63, 3.8) is 0 Å². The van der Waals surface area contributed by atoms with Crippen molar-refractivity contribution in [2.45, 2.75) is 38.8 Å². The molecule has 0 bridgehead atoms. The minimum atomic E-state index is -0.0510. The maximum Gasteiger partial charge on any atom is 0.0619 e. The summed E-state index contributed by atoms with van der Waals surface area (Å²) in [5.41, 5.74) is 0.212. The number of hydrogen-bond donors (Lipinski definition) is 1. The van der Waals surface area contributed by atoms with E-state index in [0.29, 0.717) is 6.04 Å². The highest BCUT2D eigenvalue weighted by atomic mass is 16.3. The maximum absolute atomic E-state index is 9.47. The minimum absolute atomic E-state index is 0.0510. The Balaban J connectivity index is 2.58. The van der Waals surface area contributed by atoms with Crippen molar-refractivity contribution < 1.29 is 5.11 Å². The van der Waals surface area contributed by atoms with Crippen LogP contribution in [-0.4, -0.2) is 36.2 Å². The Morgan fingerprint density at radius 1 is 1.64 bits per heavy atom. The summed E-state index contributed by atoms with van der Waals surface area (Å²) in [6, 6.07) is 0.502. The third kappa shape index (κ3) is 1.30. The van der Waals surface area contributed by atoms with Gasteiger partial charge < -0.3 is 10.0 Å². The lowest BCUT2D eigenvalue weighted by Crippen LogP contribution is -2.35. The lowest BCUT2D eigenvalue weighted by atomic mass is 9.93. The van der Waals surface area contributed by atoms with E-state index in [4.69, 9.17) is 0 Å². The Kier molecular flexibility index (Phi) is 2.26. The van der Waals surface area contributed by atoms with Crippen LogP contribution in [0.15, 0.2) is 0 Å². The van der Waals surface area contributed by atoms with Crippen LogP contribution in [-0.2, 0) is 0 Å². The van der Waals surface area contributed by atoms with Gasteiger partial charge in [0, 0.05) is 11.5 Å². The molecule has 0 spiro atoms. The molecule has 1 fully saturated rings. The quantitative estimate of drug-likeness (QED) is 0.663. The molecule has 2 heteroatoms. The summed E-state index contributed by atoms with van der Waals surface area (Å²) in [5, 5.41) is 9.47. The van der Waals surface area contributed by atoms with Crippen molar-refractivity contribution in [3.8, 4) is 0 Å². The fourth-order valence-electron chi connectivity index (χ4n) is 1.94. The van der Waals surface area contributed by atoms with Crippen molar-refractivity contribution in [2.24, 2.45) is 5.41 Å². The largest absolute Gasteiger partial charge is 0.392 e. The molecule has 0 aliphatic heterocycles. The maximum atomic E-state index is 9.47. The Labute approximate surface area is 69.2 Å². The van der Waals surface area contributed by atoms with Gasteiger partial charge in [-0.3, -0.25) is 0 Å². The molecule has 2 nitrogen and oxygen atoms in total. The van der Waals surface area contributed by atoms with Gasteiger partial charge in [0.2, 0.25) is 0 Å². The smallest absolute Gasteiger partial charge is 0.0619 e. The average Bonchev–Trinajstić information content (AvgIpc) is 2.61. The summed E-state index contributed by atoms with van der Waals surface area (Å²) in [7, 11) is 4.15. The predicted octanol–water partition coefficient (Wildman–Crippen LogP) is 1.10. The molecule has 66 valence electrons. The number of hydrogen-bond acceptors (Lipinski definition) is 2. The standard InChI is InChI=1S/C9H19NO/c1-5-9(6-8(9)11)7(2)10(3)4/h7-8,11H,5-6H2,1-4H3. The number of aliphatic hydroxyl groups is 1. The highest BCUT2D eigenvalue weighted by Gasteiger charge is 2.55. The molecule has 3 unspecified atom stereocenters. The van der Waals surface area contributed by atoms with Crippen molar-refractivity contribution in [3.05, 3.63) is 0 Å². The van der Waals surface area contributed by atoms with Gasteiger partial charge >= 0.3 is 0 Å². The predicted molar refractivity (Wildman–Crippen MR) is 46.5 cm³/mol. The average molecular weight is 157 g/mol. The summed E-state index contributed by atoms with van der Waals surface area (Å²) < 4.78 is 0. The van der Waals surface area contributed by atoms with E-state index in [1.165, 1.54) is 0 Å². The molecule has 0 radical (unpaired) electrons. The first-order chi connectivity index (χ1) is 5.04. The van der Waals surface area contributed by atoms with E-state index in [2.05, 4.69) is 32.8 Å². The fraction of sp³-hybridized carbons (Fsp3) is 1.00. The molecule has 0 aromatic carbocycles. The third-order valence-corrected chi connectivity index (χ3v) is 3.34. The van der Waals surface area contributed by atoms with Gasteiger partial charge in [-0.05, 0) is 33.9 Å². The van der Waals surface area contributed by atoms with Gasteiger partial charge in [-0.25, -0.2) is 0 Å². The van der Waals surface area contributed by atoms with Crippen LogP contribution in [0.4, 0.5) is 0 Å². The second kappa shape index (κ2) is 2.76. The van der Waals surface area contributed by atoms with Gasteiger partial charge in [-0.2, -0.15) is 0 Å². The summed E-state index contributed by atoms with van der Waals surface area (Å²) >= 11 is 0. The van der Waals surface area contributed by atoms with Crippen molar-refractivity contribution >= 4 is 0 Å². The molecule has 0 saturated heterocycles. The zero-order valence-electron chi connectivity index (χ0n) is 7.96. The van der Waals surface area contributed by atoms with E-state index < -0.39 is 0 Å². The molecular weight excluding hydrogens is 138 g/mol. The second-order valence-corrected chi connectivity index (χ2v) is 3.95. The molecule has 0 heterocycles. The molecular formula is C9H19NO. The summed E-state index contributed by atoms with van der Waals surface area (Å²) in [6.45, 7) is 4.36. The number of rotatable bonds is 3. The van der Waals surface area contributed by atoms with Crippen molar-refractivity contribution in [1.82, 2.24) is 4.90 Å². The van der Waals surface area contributed by atoms with Gasteiger partial charge in [-0.1, -0.05) is 6.92 Å². The molecule has 0 amide bonds. The monoisotopic (exact) mass is 157 g/mol. The zero-order chi connectivity index (χ0) is 8.65. The minimum Gasteiger partial charge on any atom is -0.392 e. The Hall–Kier alpha value is -0.0800. The van der Waals surface area contributed by atoms with Gasteiger partial charge in [0.1, 0.15) is 0 Å². The Bertz CT molecular complexity index is 142. The van der Waals surface area contributed by atoms with Crippen LogP contribution >= 0.6 is 0 Å². The summed E-state index contributed by atoms with van der Waals surface area (Å²) in [5.74, 6) is 0. The van der Waals surface area contributed by atoms with Gasteiger partial charge in [0.15, 0.2) is 0 Å². The lowest BCUT2D eigenvalue weighted by molar-refractivity contribution is 0.136. The van der Waals surface area contributed by atoms with E-state index in [0.717, 1.165) is 12.8 Å². The SMILES string of the molecule is CCC1(C(C)N(C)C)CC1O. The molecule has 0 aromatic heterocycles. The molecule has 1 rings (SSSR count). The van der Waals surface area contributed by atoms with Crippen LogP contribution in [0.3, 0.4) is 0 Å². The first kappa shape index (κ1) is 9.01. The van der Waals surface area contributed by atoms with Crippen LogP contribution in [0, 0.1) is 5.41 Å². The summed E-state index contributed by atoms with van der Waals surface area (Å²) in [6.07, 6.45) is 2.03. The Morgan fingerprint density at radius 3 is 2.18 bits per heavy atom. The second-order valence-electron chi connectivity index (χ2n) is 3.95. The molecule has 11 heavy (non-hydrogen) atoms. The lowest BCUT2D eigenvalue weighted by Gasteiger charge is -2.28. The van der Waals surface area contributed by atoms with E-state index >= 15 is 0 Å². The van der Waals surface area contributed by atoms with Crippen LogP contribution in [0.1, 0.15) is 26.7 Å². The first-order valence-corrected chi connectivity index (χ1v) is 4.39. The normalized spacial score (nSPS) is 39.3. The molecule has 1 N–H and O–H groups in total. The third-order valence-electron chi connectivity index (χ3n) is 3.34. The Morgan fingerprint density at radius 2 is 2.09 bits per heavy atom. The topological polar surface area (TPSA) is 23.5 Å². The zero-order valence-corrected chi connectivity index (χ0v) is 7.96. The van der Waals surface area contributed by atoms with Gasteiger partial charge in [-0.15, -0.1) is 0 Å². The van der Waals surface area contributed by atoms with Crippen LogP contribution in [0.25, 0.3) is 0 Å². The first-order valence-electron chi connectivity index (χ1n) is 4.39. The molecule has 1 aliphatic rings. The molecule has 1 saturated carbocycles. The van der Waals surface area contributed by atoms with Gasteiger partial charge in [0.05, 0.1) is 6.10 Å². The molecule has 3 atom stereocenters. The van der Waals surface area contributed by atoms with E-state index in [1.807, 2.05) is 0 Å². The van der Waals surface area contributed by atoms with E-state index in [-0.39, 0.29) is 11.5 Å². The van der Waals surface area contributed by atoms with Crippen molar-refractivity contribution in [1.29, 1.82) is 0 Å². The molecule has 0 aromatic rings. The van der Waals surface area contributed by atoms with Crippen LogP contribution in [0.2, 0.25) is 0 Å². The summed E-state index contributed by atoms with van der Waals surface area (Å²) in [4.78, 5) is 2.19. The fourth-order valence-corrected chi connectivity index (χ4v) is 1.94.